The molecule has 0 spiro atoms. The average Bonchev–Trinajstić information content (AvgIpc) is 2.70. The Morgan fingerprint density at radius 3 is 1.35 bits per heavy atom. The highest BCUT2D eigenvalue weighted by molar-refractivity contribution is 5.88. The lowest BCUT2D eigenvalue weighted by Gasteiger charge is -2.21. The van der Waals surface area contributed by atoms with Crippen molar-refractivity contribution in [2.45, 2.75) is 27.7 Å². The van der Waals surface area contributed by atoms with Crippen molar-refractivity contribution < 1.29 is 0 Å². The summed E-state index contributed by atoms with van der Waals surface area (Å²) in [7, 11) is 2.12. The summed E-state index contributed by atoms with van der Waals surface area (Å²) in [6.45, 7) is 8.00. The first-order valence-corrected chi connectivity index (χ1v) is 7.46. The fourth-order valence-electron chi connectivity index (χ4n) is 2.18. The van der Waals surface area contributed by atoms with Crippen LogP contribution < -0.4 is 4.90 Å². The molecule has 0 bridgehead atoms. The van der Waals surface area contributed by atoms with Crippen LogP contribution in [-0.2, 0) is 0 Å². The minimum absolute atomic E-state index is 1.25. The van der Waals surface area contributed by atoms with E-state index in [1.807, 2.05) is 27.7 Å². The fraction of sp³-hybridized carbons (Fsp3) is 0.263. The van der Waals surface area contributed by atoms with Crippen LogP contribution in [0.4, 0.5) is 11.4 Å². The summed E-state index contributed by atoms with van der Waals surface area (Å²) in [6, 6.07) is 16.9. The zero-order valence-corrected chi connectivity index (χ0v) is 13.2. The van der Waals surface area contributed by atoms with E-state index >= 15 is 0 Å². The smallest absolute Gasteiger partial charge is 0.0481 e. The quantitative estimate of drug-likeness (QED) is 0.566. The predicted molar refractivity (Wildman–Crippen MR) is 92.6 cm³/mol. The Bertz CT molecular complexity index is 506. The first kappa shape index (κ1) is 16.0. The normalized spacial score (nSPS) is 10.9. The number of hydrogen-bond donors (Lipinski definition) is 0. The van der Waals surface area contributed by atoms with E-state index in [1.165, 1.54) is 22.5 Å². The fourth-order valence-corrected chi connectivity index (χ4v) is 2.18. The summed E-state index contributed by atoms with van der Waals surface area (Å²) in [5, 5.41) is 0. The van der Waals surface area contributed by atoms with Crippen LogP contribution in [-0.4, -0.2) is 7.05 Å². The van der Waals surface area contributed by atoms with Crippen LogP contribution in [0.1, 0.15) is 38.8 Å². The van der Waals surface area contributed by atoms with E-state index < -0.39 is 0 Å². The summed E-state index contributed by atoms with van der Waals surface area (Å²) < 4.78 is 0. The maximum Gasteiger partial charge on any atom is 0.0481 e. The molecular formula is C19H25N. The number of para-hydroxylation sites is 2. The molecule has 106 valence electrons. The van der Waals surface area contributed by atoms with Gasteiger partial charge in [0, 0.05) is 18.4 Å². The Labute approximate surface area is 123 Å². The second-order valence-corrected chi connectivity index (χ2v) is 4.01. The highest BCUT2D eigenvalue weighted by Gasteiger charge is 2.12. The van der Waals surface area contributed by atoms with Crippen molar-refractivity contribution in [1.29, 1.82) is 0 Å². The maximum atomic E-state index is 2.24. The molecule has 1 heterocycles. The predicted octanol–water partition coefficient (Wildman–Crippen LogP) is 5.99. The Morgan fingerprint density at radius 1 is 0.600 bits per heavy atom. The summed E-state index contributed by atoms with van der Waals surface area (Å²) in [5.41, 5.74) is 5.04. The third-order valence-electron chi connectivity index (χ3n) is 3.04. The van der Waals surface area contributed by atoms with E-state index in [1.54, 1.807) is 0 Å². The van der Waals surface area contributed by atoms with Crippen molar-refractivity contribution in [2.75, 3.05) is 11.9 Å². The second kappa shape index (κ2) is 8.21. The van der Waals surface area contributed by atoms with E-state index in [2.05, 4.69) is 72.6 Å². The molecule has 3 rings (SSSR count). The summed E-state index contributed by atoms with van der Waals surface area (Å²) in [4.78, 5) is 2.24. The zero-order valence-electron chi connectivity index (χ0n) is 13.2. The van der Waals surface area contributed by atoms with E-state index in [4.69, 9.17) is 0 Å². The number of rotatable bonds is 0. The Balaban J connectivity index is 0.000000461. The SMILES string of the molecule is CC.CC.CN1c2ccccc2C=Cc2ccccc21. The molecule has 0 radical (unpaired) electrons. The topological polar surface area (TPSA) is 3.24 Å². The lowest BCUT2D eigenvalue weighted by Crippen LogP contribution is -2.10. The molecule has 1 nitrogen and oxygen atoms in total. The Kier molecular flexibility index (Phi) is 6.58. The van der Waals surface area contributed by atoms with E-state index in [0.29, 0.717) is 0 Å². The second-order valence-electron chi connectivity index (χ2n) is 4.01. The van der Waals surface area contributed by atoms with Crippen molar-refractivity contribution in [3.63, 3.8) is 0 Å². The van der Waals surface area contributed by atoms with Gasteiger partial charge in [0.25, 0.3) is 0 Å². The molecule has 0 saturated heterocycles. The molecule has 1 heteroatoms. The molecule has 0 N–H and O–H groups in total. The van der Waals surface area contributed by atoms with Gasteiger partial charge in [0.05, 0.1) is 0 Å². The number of anilines is 2. The van der Waals surface area contributed by atoms with Crippen molar-refractivity contribution in [3.8, 4) is 0 Å². The lowest BCUT2D eigenvalue weighted by molar-refractivity contribution is 1.20. The van der Waals surface area contributed by atoms with Gasteiger partial charge < -0.3 is 4.90 Å². The minimum atomic E-state index is 1.25. The summed E-state index contributed by atoms with van der Waals surface area (Å²) in [6.07, 6.45) is 4.36. The molecule has 0 aromatic heterocycles. The van der Waals surface area contributed by atoms with Gasteiger partial charge in [-0.05, 0) is 23.3 Å². The van der Waals surface area contributed by atoms with Crippen molar-refractivity contribution in [1.82, 2.24) is 0 Å². The minimum Gasteiger partial charge on any atom is -0.344 e. The monoisotopic (exact) mass is 267 g/mol. The van der Waals surface area contributed by atoms with Crippen molar-refractivity contribution in [3.05, 3.63) is 59.7 Å². The largest absolute Gasteiger partial charge is 0.344 e. The van der Waals surface area contributed by atoms with Crippen LogP contribution in [0.25, 0.3) is 12.2 Å². The Morgan fingerprint density at radius 2 is 0.950 bits per heavy atom. The standard InChI is InChI=1S/C15H13N.2C2H6/c1-16-14-8-4-2-6-12(14)10-11-13-7-3-5-9-15(13)16;2*1-2/h2-11H,1H3;2*1-2H3. The first-order valence-electron chi connectivity index (χ1n) is 7.46. The lowest BCUT2D eigenvalue weighted by atomic mass is 10.1. The van der Waals surface area contributed by atoms with Crippen LogP contribution in [0.15, 0.2) is 48.5 Å². The molecule has 1 aliphatic rings. The van der Waals surface area contributed by atoms with E-state index in [-0.39, 0.29) is 0 Å². The Hall–Kier alpha value is -2.02. The molecule has 0 amide bonds. The van der Waals surface area contributed by atoms with Gasteiger partial charge in [0.15, 0.2) is 0 Å². The summed E-state index contributed by atoms with van der Waals surface area (Å²) >= 11 is 0. The number of hydrogen-bond acceptors (Lipinski definition) is 1. The van der Waals surface area contributed by atoms with Gasteiger partial charge in [0.1, 0.15) is 0 Å². The molecule has 2 aromatic carbocycles. The molecule has 0 aliphatic carbocycles. The van der Waals surface area contributed by atoms with Crippen LogP contribution in [0.5, 0.6) is 0 Å². The van der Waals surface area contributed by atoms with Gasteiger partial charge >= 0.3 is 0 Å². The maximum absolute atomic E-state index is 2.24. The van der Waals surface area contributed by atoms with Gasteiger partial charge in [-0.1, -0.05) is 76.2 Å². The highest BCUT2D eigenvalue weighted by atomic mass is 15.1. The average molecular weight is 267 g/mol. The third kappa shape index (κ3) is 3.30. The molecular weight excluding hydrogens is 242 g/mol. The van der Waals surface area contributed by atoms with Crippen molar-refractivity contribution in [2.24, 2.45) is 0 Å². The van der Waals surface area contributed by atoms with Gasteiger partial charge in [-0.2, -0.15) is 0 Å². The molecule has 0 fully saturated rings. The molecule has 0 saturated carbocycles. The van der Waals surface area contributed by atoms with Crippen LogP contribution in [0, 0.1) is 0 Å². The summed E-state index contributed by atoms with van der Waals surface area (Å²) in [5.74, 6) is 0. The van der Waals surface area contributed by atoms with Gasteiger partial charge in [0.2, 0.25) is 0 Å². The molecule has 0 atom stereocenters. The number of nitrogens with zero attached hydrogens (tertiary/aromatic N) is 1. The zero-order chi connectivity index (χ0) is 15.0. The van der Waals surface area contributed by atoms with Crippen LogP contribution in [0.3, 0.4) is 0 Å². The molecule has 2 aromatic rings. The van der Waals surface area contributed by atoms with Gasteiger partial charge in [-0.25, -0.2) is 0 Å². The highest BCUT2D eigenvalue weighted by Crippen LogP contribution is 2.34. The number of benzene rings is 2. The van der Waals surface area contributed by atoms with Crippen LogP contribution in [0.2, 0.25) is 0 Å². The molecule has 20 heavy (non-hydrogen) atoms. The number of fused-ring (bicyclic) bond motifs is 2. The van der Waals surface area contributed by atoms with E-state index in [0.717, 1.165) is 0 Å². The van der Waals surface area contributed by atoms with Crippen molar-refractivity contribution >= 4 is 23.5 Å². The van der Waals surface area contributed by atoms with Gasteiger partial charge in [-0.3, -0.25) is 0 Å². The molecule has 0 unspecified atom stereocenters. The van der Waals surface area contributed by atoms with Crippen LogP contribution >= 0.6 is 0 Å². The van der Waals surface area contributed by atoms with E-state index in [9.17, 15) is 0 Å². The first-order chi connectivity index (χ1) is 9.86. The molecule has 1 aliphatic heterocycles. The third-order valence-corrected chi connectivity index (χ3v) is 3.04. The van der Waals surface area contributed by atoms with Gasteiger partial charge in [-0.15, -0.1) is 0 Å².